The van der Waals surface area contributed by atoms with Crippen molar-refractivity contribution in [2.24, 2.45) is 0 Å². The van der Waals surface area contributed by atoms with Crippen LogP contribution in [0.4, 0.5) is 4.79 Å². The largest absolute Gasteiger partial charge is 0.602 e. The van der Waals surface area contributed by atoms with Crippen LogP contribution in [0.5, 0.6) is 0 Å². The number of nitrogens with zero attached hydrogens (tertiary/aromatic N) is 1. The number of fused-ring (bicyclic) bond motifs is 1. The van der Waals surface area contributed by atoms with Crippen LogP contribution >= 0.6 is 15.9 Å². The quantitative estimate of drug-likeness (QED) is 0.629. The van der Waals surface area contributed by atoms with Crippen molar-refractivity contribution in [3.05, 3.63) is 53.8 Å². The van der Waals surface area contributed by atoms with Crippen LogP contribution in [0, 0.1) is 0 Å². The molecule has 0 aliphatic carbocycles. The van der Waals surface area contributed by atoms with Crippen LogP contribution in [0.2, 0.25) is 0 Å². The molecule has 1 aromatic heterocycles. The molecule has 0 radical (unpaired) electrons. The summed E-state index contributed by atoms with van der Waals surface area (Å²) < 4.78 is 7.23. The van der Waals surface area contributed by atoms with Gasteiger partial charge in [-0.15, -0.1) is 0 Å². The van der Waals surface area contributed by atoms with Gasteiger partial charge in [-0.05, 0) is 22.0 Å². The van der Waals surface area contributed by atoms with E-state index < -0.39 is 6.09 Å². The van der Waals surface area contributed by atoms with Crippen molar-refractivity contribution in [2.45, 2.75) is 0 Å². The second kappa shape index (κ2) is 5.10. The van der Waals surface area contributed by atoms with Crippen LogP contribution in [0.25, 0.3) is 10.8 Å². The number of halogens is 1. The third kappa shape index (κ3) is 2.53. The molecule has 2 aromatic rings. The Balaban J connectivity index is 2.42. The molecular formula is C13H11BrNO2+. The number of ether oxygens (including phenoxy) is 1. The van der Waals surface area contributed by atoms with E-state index in [0.717, 1.165) is 15.2 Å². The van der Waals surface area contributed by atoms with Gasteiger partial charge in [-0.3, -0.25) is 0 Å². The number of carbonyl (C=O) groups is 1. The third-order valence-corrected chi connectivity index (χ3v) is 2.92. The molecule has 2 rings (SSSR count). The maximum atomic E-state index is 11.7. The lowest BCUT2D eigenvalue weighted by molar-refractivity contribution is -0.584. The molecule has 0 N–H and O–H groups in total. The molecule has 0 amide bonds. The molecule has 1 heterocycles. The number of benzene rings is 1. The Morgan fingerprint density at radius 3 is 2.94 bits per heavy atom. The van der Waals surface area contributed by atoms with Crippen molar-refractivity contribution < 1.29 is 14.1 Å². The Bertz CT molecular complexity index is 581. The minimum atomic E-state index is -0.420. The molecule has 17 heavy (non-hydrogen) atoms. The topological polar surface area (TPSA) is 30.2 Å². The fourth-order valence-corrected chi connectivity index (χ4v) is 2.10. The fraction of sp³-hybridized carbons (Fsp3) is 0.0769. The summed E-state index contributed by atoms with van der Waals surface area (Å²) in [5, 5.41) is 2.03. The van der Waals surface area contributed by atoms with Gasteiger partial charge in [0.2, 0.25) is 0 Å². The minimum Gasteiger partial charge on any atom is -0.407 e. The summed E-state index contributed by atoms with van der Waals surface area (Å²) in [5.74, 6) is 0. The van der Waals surface area contributed by atoms with Crippen molar-refractivity contribution in [1.29, 1.82) is 0 Å². The van der Waals surface area contributed by atoms with E-state index in [2.05, 4.69) is 22.5 Å². The average molecular weight is 293 g/mol. The van der Waals surface area contributed by atoms with Crippen LogP contribution in [0.1, 0.15) is 0 Å². The molecule has 0 saturated heterocycles. The summed E-state index contributed by atoms with van der Waals surface area (Å²) in [4.78, 5) is 11.7. The first-order chi connectivity index (χ1) is 8.22. The molecule has 0 atom stereocenters. The molecule has 0 fully saturated rings. The highest BCUT2D eigenvalue weighted by Gasteiger charge is 2.18. The standard InChI is InChI=1S/C13H11BrNO2/c1-2-7-17-13(16)15-8-10-5-3-4-6-11(10)12(14)9-15/h2-6,8-9H,1,7H2/q+1. The van der Waals surface area contributed by atoms with Gasteiger partial charge in [0.05, 0.1) is 4.47 Å². The van der Waals surface area contributed by atoms with Gasteiger partial charge in [-0.2, -0.15) is 4.79 Å². The predicted molar refractivity (Wildman–Crippen MR) is 68.8 cm³/mol. The van der Waals surface area contributed by atoms with Crippen LogP contribution in [-0.2, 0) is 4.74 Å². The molecule has 86 valence electrons. The fourth-order valence-electron chi connectivity index (χ4n) is 1.52. The maximum Gasteiger partial charge on any atom is 0.602 e. The minimum absolute atomic E-state index is 0.205. The summed E-state index contributed by atoms with van der Waals surface area (Å²) in [6.07, 6.45) is 4.55. The van der Waals surface area contributed by atoms with Crippen LogP contribution < -0.4 is 4.57 Å². The first-order valence-electron chi connectivity index (χ1n) is 5.10. The molecule has 1 aromatic carbocycles. The van der Waals surface area contributed by atoms with Crippen LogP contribution in [-0.4, -0.2) is 12.7 Å². The van der Waals surface area contributed by atoms with E-state index in [1.54, 1.807) is 12.4 Å². The summed E-state index contributed by atoms with van der Waals surface area (Å²) in [7, 11) is 0. The van der Waals surface area contributed by atoms with Crippen molar-refractivity contribution in [3.8, 4) is 0 Å². The second-order valence-corrected chi connectivity index (χ2v) is 4.32. The van der Waals surface area contributed by atoms with Gasteiger partial charge in [-0.1, -0.05) is 35.4 Å². The van der Waals surface area contributed by atoms with Gasteiger partial charge in [0, 0.05) is 10.8 Å². The molecule has 0 saturated carbocycles. The third-order valence-electron chi connectivity index (χ3n) is 2.28. The van der Waals surface area contributed by atoms with Crippen molar-refractivity contribution in [2.75, 3.05) is 6.61 Å². The number of carbonyl (C=O) groups excluding carboxylic acids is 1. The summed E-state index contributed by atoms with van der Waals surface area (Å²) in [5.41, 5.74) is 0. The maximum absolute atomic E-state index is 11.7. The highest BCUT2D eigenvalue weighted by molar-refractivity contribution is 9.10. The van der Waals surface area contributed by atoms with Crippen molar-refractivity contribution in [3.63, 3.8) is 0 Å². The highest BCUT2D eigenvalue weighted by atomic mass is 79.9. The number of hydrogen-bond donors (Lipinski definition) is 0. The van der Waals surface area contributed by atoms with Gasteiger partial charge in [0.25, 0.3) is 0 Å². The first-order valence-corrected chi connectivity index (χ1v) is 5.89. The van der Waals surface area contributed by atoms with Gasteiger partial charge >= 0.3 is 6.09 Å². The predicted octanol–water partition coefficient (Wildman–Crippen LogP) is 3.06. The highest BCUT2D eigenvalue weighted by Crippen LogP contribution is 2.20. The van der Waals surface area contributed by atoms with Gasteiger partial charge < -0.3 is 4.74 Å². The zero-order valence-corrected chi connectivity index (χ0v) is 10.7. The summed E-state index contributed by atoms with van der Waals surface area (Å²) in [6.45, 7) is 3.70. The van der Waals surface area contributed by atoms with E-state index in [4.69, 9.17) is 4.74 Å². The van der Waals surface area contributed by atoms with E-state index in [9.17, 15) is 4.79 Å². The number of pyridine rings is 1. The zero-order chi connectivity index (χ0) is 12.3. The Morgan fingerprint density at radius 2 is 2.18 bits per heavy atom. The van der Waals surface area contributed by atoms with E-state index in [0.29, 0.717) is 0 Å². The first kappa shape index (κ1) is 11.8. The lowest BCUT2D eigenvalue weighted by Crippen LogP contribution is -2.42. The number of rotatable bonds is 2. The Labute approximate surface area is 107 Å². The molecular weight excluding hydrogens is 282 g/mol. The van der Waals surface area contributed by atoms with Crippen LogP contribution in [0.3, 0.4) is 0 Å². The van der Waals surface area contributed by atoms with E-state index in [1.807, 2.05) is 24.3 Å². The lowest BCUT2D eigenvalue weighted by atomic mass is 10.2. The SMILES string of the molecule is C=CCOC(=O)[n+]1cc(Br)c2ccccc2c1. The smallest absolute Gasteiger partial charge is 0.407 e. The summed E-state index contributed by atoms with van der Waals surface area (Å²) in [6, 6.07) is 7.80. The molecule has 4 heteroatoms. The number of hydrogen-bond acceptors (Lipinski definition) is 2. The molecule has 0 spiro atoms. The monoisotopic (exact) mass is 292 g/mol. The normalized spacial score (nSPS) is 10.2. The van der Waals surface area contributed by atoms with E-state index in [1.165, 1.54) is 10.6 Å². The Hall–Kier alpha value is -1.68. The van der Waals surface area contributed by atoms with Gasteiger partial charge in [-0.25, -0.2) is 0 Å². The average Bonchev–Trinajstić information content (AvgIpc) is 2.36. The van der Waals surface area contributed by atoms with Gasteiger partial charge in [0.15, 0.2) is 12.4 Å². The van der Waals surface area contributed by atoms with E-state index in [-0.39, 0.29) is 6.61 Å². The molecule has 0 bridgehead atoms. The van der Waals surface area contributed by atoms with E-state index >= 15 is 0 Å². The Morgan fingerprint density at radius 1 is 1.41 bits per heavy atom. The molecule has 0 unspecified atom stereocenters. The number of aromatic nitrogens is 1. The lowest BCUT2D eigenvalue weighted by Gasteiger charge is -2.00. The second-order valence-electron chi connectivity index (χ2n) is 3.47. The van der Waals surface area contributed by atoms with Gasteiger partial charge in [0.1, 0.15) is 6.61 Å². The summed E-state index contributed by atoms with van der Waals surface area (Å²) >= 11 is 3.44. The van der Waals surface area contributed by atoms with Crippen molar-refractivity contribution in [1.82, 2.24) is 0 Å². The van der Waals surface area contributed by atoms with Crippen LogP contribution in [0.15, 0.2) is 53.8 Å². The Kier molecular flexibility index (Phi) is 3.54. The molecule has 3 nitrogen and oxygen atoms in total. The zero-order valence-electron chi connectivity index (χ0n) is 9.10. The molecule has 0 aliphatic rings. The molecule has 0 aliphatic heterocycles. The van der Waals surface area contributed by atoms with Crippen molar-refractivity contribution >= 4 is 32.8 Å².